The molecule has 1 N–H and O–H groups in total. The molecule has 2 rings (SSSR count). The molecule has 0 spiro atoms. The number of aromatic nitrogens is 1. The highest BCUT2D eigenvalue weighted by Crippen LogP contribution is 2.22. The Morgan fingerprint density at radius 1 is 1.55 bits per heavy atom. The SMILES string of the molecule is CC(C)(C)OC(=O)N1CC[C@H](Nc2cc(Cl)ncc2C=O)C1. The zero-order chi connectivity index (χ0) is 16.3. The van der Waals surface area contributed by atoms with E-state index < -0.39 is 5.60 Å². The first-order valence-electron chi connectivity index (χ1n) is 7.13. The molecule has 0 radical (unpaired) electrons. The second kappa shape index (κ2) is 6.52. The van der Waals surface area contributed by atoms with E-state index in [1.54, 1.807) is 11.0 Å². The maximum absolute atomic E-state index is 12.0. The molecule has 7 heteroatoms. The summed E-state index contributed by atoms with van der Waals surface area (Å²) in [5.74, 6) is 0. The van der Waals surface area contributed by atoms with Gasteiger partial charge in [-0.05, 0) is 33.3 Å². The summed E-state index contributed by atoms with van der Waals surface area (Å²) in [4.78, 5) is 28.6. The van der Waals surface area contributed by atoms with Crippen LogP contribution in [0.3, 0.4) is 0 Å². The van der Waals surface area contributed by atoms with Crippen LogP contribution in [0.1, 0.15) is 37.6 Å². The van der Waals surface area contributed by atoms with Crippen molar-refractivity contribution < 1.29 is 14.3 Å². The molecule has 1 saturated heterocycles. The van der Waals surface area contributed by atoms with Crippen molar-refractivity contribution >= 4 is 29.7 Å². The molecular formula is C15H20ClN3O3. The Morgan fingerprint density at radius 2 is 2.27 bits per heavy atom. The minimum Gasteiger partial charge on any atom is -0.444 e. The molecule has 1 aromatic rings. The monoisotopic (exact) mass is 325 g/mol. The summed E-state index contributed by atoms with van der Waals surface area (Å²) >= 11 is 5.86. The lowest BCUT2D eigenvalue weighted by Gasteiger charge is -2.24. The van der Waals surface area contributed by atoms with Crippen LogP contribution in [0.25, 0.3) is 0 Å². The Morgan fingerprint density at radius 3 is 2.91 bits per heavy atom. The molecule has 1 aliphatic heterocycles. The number of hydrogen-bond donors (Lipinski definition) is 1. The van der Waals surface area contributed by atoms with Gasteiger partial charge in [-0.15, -0.1) is 0 Å². The Bertz CT molecular complexity index is 572. The molecular weight excluding hydrogens is 306 g/mol. The van der Waals surface area contributed by atoms with Crippen molar-refractivity contribution in [2.45, 2.75) is 38.8 Å². The number of ether oxygens (including phenoxy) is 1. The number of rotatable bonds is 3. The lowest BCUT2D eigenvalue weighted by Crippen LogP contribution is -2.36. The third-order valence-electron chi connectivity index (χ3n) is 3.23. The van der Waals surface area contributed by atoms with E-state index >= 15 is 0 Å². The van der Waals surface area contributed by atoms with Gasteiger partial charge >= 0.3 is 6.09 Å². The van der Waals surface area contributed by atoms with Crippen molar-refractivity contribution in [2.24, 2.45) is 0 Å². The van der Waals surface area contributed by atoms with Crippen molar-refractivity contribution in [2.75, 3.05) is 18.4 Å². The van der Waals surface area contributed by atoms with Crippen LogP contribution in [-0.2, 0) is 4.74 Å². The van der Waals surface area contributed by atoms with E-state index in [9.17, 15) is 9.59 Å². The number of nitrogens with one attached hydrogen (secondary N) is 1. The molecule has 0 aromatic carbocycles. The number of carbonyl (C=O) groups is 2. The fraction of sp³-hybridized carbons (Fsp3) is 0.533. The number of hydrogen-bond acceptors (Lipinski definition) is 5. The molecule has 1 amide bonds. The maximum Gasteiger partial charge on any atom is 0.410 e. The summed E-state index contributed by atoms with van der Waals surface area (Å²) in [5, 5.41) is 3.56. The van der Waals surface area contributed by atoms with Gasteiger partial charge < -0.3 is 15.0 Å². The molecule has 1 aromatic heterocycles. The third kappa shape index (κ3) is 4.34. The summed E-state index contributed by atoms with van der Waals surface area (Å²) in [6.45, 7) is 6.65. The van der Waals surface area contributed by atoms with Gasteiger partial charge in [-0.2, -0.15) is 0 Å². The van der Waals surface area contributed by atoms with E-state index in [-0.39, 0.29) is 12.1 Å². The zero-order valence-electron chi connectivity index (χ0n) is 12.9. The highest BCUT2D eigenvalue weighted by molar-refractivity contribution is 6.29. The molecule has 22 heavy (non-hydrogen) atoms. The van der Waals surface area contributed by atoms with Crippen molar-refractivity contribution in [3.63, 3.8) is 0 Å². The van der Waals surface area contributed by atoms with E-state index in [0.717, 1.165) is 12.7 Å². The number of nitrogens with zero attached hydrogens (tertiary/aromatic N) is 2. The number of likely N-dealkylation sites (tertiary alicyclic amines) is 1. The number of aldehydes is 1. The fourth-order valence-electron chi connectivity index (χ4n) is 2.25. The standard InChI is InChI=1S/C15H20ClN3O3/c1-15(2,3)22-14(21)19-5-4-11(8-19)18-12-6-13(16)17-7-10(12)9-20/h6-7,9,11H,4-5,8H2,1-3H3,(H,17,18)/t11-/m0/s1. The normalized spacial score (nSPS) is 18.2. The van der Waals surface area contributed by atoms with Crippen LogP contribution in [0.2, 0.25) is 5.15 Å². The van der Waals surface area contributed by atoms with Crippen LogP contribution in [0.5, 0.6) is 0 Å². The summed E-state index contributed by atoms with van der Waals surface area (Å²) in [7, 11) is 0. The molecule has 120 valence electrons. The Labute approximate surface area is 134 Å². The van der Waals surface area contributed by atoms with Gasteiger partial charge in [-0.3, -0.25) is 4.79 Å². The third-order valence-corrected chi connectivity index (χ3v) is 3.43. The van der Waals surface area contributed by atoms with Crippen LogP contribution in [0, 0.1) is 0 Å². The number of anilines is 1. The lowest BCUT2D eigenvalue weighted by molar-refractivity contribution is 0.0293. The Kier molecular flexibility index (Phi) is 4.90. The van der Waals surface area contributed by atoms with Crippen molar-refractivity contribution in [1.82, 2.24) is 9.88 Å². The molecule has 1 aliphatic rings. The predicted molar refractivity (Wildman–Crippen MR) is 84.5 cm³/mol. The van der Waals surface area contributed by atoms with Crippen molar-refractivity contribution in [3.05, 3.63) is 23.0 Å². The van der Waals surface area contributed by atoms with E-state index in [4.69, 9.17) is 16.3 Å². The van der Waals surface area contributed by atoms with Gasteiger partial charge in [-0.25, -0.2) is 9.78 Å². The predicted octanol–water partition coefficient (Wildman–Crippen LogP) is 2.97. The first-order chi connectivity index (χ1) is 10.3. The smallest absolute Gasteiger partial charge is 0.410 e. The van der Waals surface area contributed by atoms with Crippen molar-refractivity contribution in [3.8, 4) is 0 Å². The van der Waals surface area contributed by atoms with Gasteiger partial charge in [0.25, 0.3) is 0 Å². The van der Waals surface area contributed by atoms with Crippen LogP contribution >= 0.6 is 11.6 Å². The second-order valence-corrected chi connectivity index (χ2v) is 6.66. The van der Waals surface area contributed by atoms with E-state index in [1.807, 2.05) is 20.8 Å². The largest absolute Gasteiger partial charge is 0.444 e. The highest BCUT2D eigenvalue weighted by atomic mass is 35.5. The van der Waals surface area contributed by atoms with E-state index in [0.29, 0.717) is 29.5 Å². The summed E-state index contributed by atoms with van der Waals surface area (Å²) in [6, 6.07) is 1.66. The van der Waals surface area contributed by atoms with Crippen LogP contribution in [-0.4, -0.2) is 47.0 Å². The number of amides is 1. The molecule has 2 heterocycles. The molecule has 6 nitrogen and oxygen atoms in total. The van der Waals surface area contributed by atoms with Crippen LogP contribution in [0.4, 0.5) is 10.5 Å². The van der Waals surface area contributed by atoms with Gasteiger partial charge in [0.2, 0.25) is 0 Å². The average Bonchev–Trinajstić information content (AvgIpc) is 2.86. The summed E-state index contributed by atoms with van der Waals surface area (Å²) in [5.41, 5.74) is 0.567. The van der Waals surface area contributed by atoms with Crippen LogP contribution in [0.15, 0.2) is 12.3 Å². The number of halogens is 1. The lowest BCUT2D eigenvalue weighted by atomic mass is 10.2. The fourth-order valence-corrected chi connectivity index (χ4v) is 2.41. The molecule has 0 unspecified atom stereocenters. The minimum atomic E-state index is -0.508. The molecule has 1 fully saturated rings. The second-order valence-electron chi connectivity index (χ2n) is 6.27. The maximum atomic E-state index is 12.0. The number of carbonyl (C=O) groups excluding carboxylic acids is 2. The minimum absolute atomic E-state index is 0.0460. The quantitative estimate of drug-likeness (QED) is 0.683. The summed E-state index contributed by atoms with van der Waals surface area (Å²) in [6.07, 6.45) is 2.61. The first kappa shape index (κ1) is 16.5. The van der Waals surface area contributed by atoms with Gasteiger partial charge in [0.15, 0.2) is 6.29 Å². The first-order valence-corrected chi connectivity index (χ1v) is 7.51. The Balaban J connectivity index is 1.98. The number of pyridine rings is 1. The molecule has 0 aliphatic carbocycles. The topological polar surface area (TPSA) is 71.5 Å². The molecule has 0 bridgehead atoms. The highest BCUT2D eigenvalue weighted by Gasteiger charge is 2.30. The van der Waals surface area contributed by atoms with Gasteiger partial charge in [0, 0.05) is 31.0 Å². The molecule has 0 saturated carbocycles. The van der Waals surface area contributed by atoms with E-state index in [2.05, 4.69) is 10.3 Å². The van der Waals surface area contributed by atoms with Gasteiger partial charge in [0.05, 0.1) is 5.56 Å². The zero-order valence-corrected chi connectivity index (χ0v) is 13.7. The summed E-state index contributed by atoms with van der Waals surface area (Å²) < 4.78 is 5.36. The average molecular weight is 326 g/mol. The molecule has 1 atom stereocenters. The van der Waals surface area contributed by atoms with Gasteiger partial charge in [0.1, 0.15) is 10.8 Å². The van der Waals surface area contributed by atoms with E-state index in [1.165, 1.54) is 6.20 Å². The van der Waals surface area contributed by atoms with Crippen molar-refractivity contribution in [1.29, 1.82) is 0 Å². The Hall–Kier alpha value is -1.82. The van der Waals surface area contributed by atoms with Crippen LogP contribution < -0.4 is 5.32 Å². The van der Waals surface area contributed by atoms with Gasteiger partial charge in [-0.1, -0.05) is 11.6 Å².